The van der Waals surface area contributed by atoms with Crippen LogP contribution in [0.5, 0.6) is 0 Å². The summed E-state index contributed by atoms with van der Waals surface area (Å²) in [4.78, 5) is 14.0. The quantitative estimate of drug-likeness (QED) is 0.824. The molecule has 4 heteroatoms. The van der Waals surface area contributed by atoms with E-state index in [1.807, 2.05) is 0 Å². The molecule has 0 saturated carbocycles. The Morgan fingerprint density at radius 2 is 2.30 bits per heavy atom. The van der Waals surface area contributed by atoms with Gasteiger partial charge in [0.05, 0.1) is 5.92 Å². The van der Waals surface area contributed by atoms with E-state index in [0.717, 1.165) is 25.7 Å². The summed E-state index contributed by atoms with van der Waals surface area (Å²) in [6.07, 6.45) is 4.02. The van der Waals surface area contributed by atoms with E-state index < -0.39 is 0 Å². The molecule has 2 nitrogen and oxygen atoms in total. The zero-order chi connectivity index (χ0) is 14.8. The zero-order valence-corrected chi connectivity index (χ0v) is 14.1. The topological polar surface area (TPSA) is 29.1 Å². The van der Waals surface area contributed by atoms with E-state index >= 15 is 0 Å². The monoisotopic (exact) mass is 313 g/mol. The summed E-state index contributed by atoms with van der Waals surface area (Å²) in [6.45, 7) is 6.46. The molecule has 0 spiro atoms. The van der Waals surface area contributed by atoms with Gasteiger partial charge >= 0.3 is 0 Å². The summed E-state index contributed by atoms with van der Waals surface area (Å²) in [5.41, 5.74) is 1.29. The highest BCUT2D eigenvalue weighted by Crippen LogP contribution is 2.35. The van der Waals surface area contributed by atoms with E-state index in [-0.39, 0.29) is 23.3 Å². The second-order valence-corrected chi connectivity index (χ2v) is 8.03. The number of carbonyl (C=O) groups is 1. The maximum atomic E-state index is 12.6. The Kier molecular flexibility index (Phi) is 5.14. The van der Waals surface area contributed by atoms with Gasteiger partial charge in [-0.2, -0.15) is 0 Å². The van der Waals surface area contributed by atoms with Crippen molar-refractivity contribution in [2.24, 2.45) is 5.41 Å². The standard InChI is InChI=1S/C16H24ClNOS/c1-16(2,3)14(7-9-17)18-15(19)12-5-4-6-13-11(12)8-10-20-13/h8,10,12,14H,4-7,9H2,1-3H3,(H,18,19). The fourth-order valence-electron chi connectivity index (χ4n) is 2.86. The van der Waals surface area contributed by atoms with E-state index in [2.05, 4.69) is 37.5 Å². The number of hydrogen-bond donors (Lipinski definition) is 1. The molecule has 1 aliphatic carbocycles. The number of rotatable bonds is 4. The highest BCUT2D eigenvalue weighted by atomic mass is 35.5. The molecule has 1 N–H and O–H groups in total. The lowest BCUT2D eigenvalue weighted by Crippen LogP contribution is -2.46. The molecule has 0 saturated heterocycles. The summed E-state index contributed by atoms with van der Waals surface area (Å²) < 4.78 is 0. The van der Waals surface area contributed by atoms with Gasteiger partial charge in [-0.05, 0) is 48.1 Å². The normalized spacial score (nSPS) is 20.3. The van der Waals surface area contributed by atoms with Gasteiger partial charge in [0.1, 0.15) is 0 Å². The van der Waals surface area contributed by atoms with Gasteiger partial charge in [-0.15, -0.1) is 22.9 Å². The smallest absolute Gasteiger partial charge is 0.227 e. The van der Waals surface area contributed by atoms with Gasteiger partial charge in [0, 0.05) is 16.8 Å². The van der Waals surface area contributed by atoms with E-state index in [1.54, 1.807) is 11.3 Å². The van der Waals surface area contributed by atoms with Crippen LogP contribution in [0.15, 0.2) is 11.4 Å². The van der Waals surface area contributed by atoms with Crippen LogP contribution in [0.1, 0.15) is 56.4 Å². The molecule has 0 bridgehead atoms. The minimum absolute atomic E-state index is 0.0326. The lowest BCUT2D eigenvalue weighted by Gasteiger charge is -2.33. The van der Waals surface area contributed by atoms with Gasteiger partial charge in [0.2, 0.25) is 5.91 Å². The molecular weight excluding hydrogens is 290 g/mol. The summed E-state index contributed by atoms with van der Waals surface area (Å²) in [6, 6.07) is 2.26. The first-order valence-electron chi connectivity index (χ1n) is 7.36. The molecular formula is C16H24ClNOS. The second-order valence-electron chi connectivity index (χ2n) is 6.65. The molecule has 2 unspecified atom stereocenters. The second kappa shape index (κ2) is 6.48. The molecule has 20 heavy (non-hydrogen) atoms. The van der Waals surface area contributed by atoms with Crippen LogP contribution in [-0.2, 0) is 11.2 Å². The summed E-state index contributed by atoms with van der Waals surface area (Å²) >= 11 is 7.67. The lowest BCUT2D eigenvalue weighted by atomic mass is 9.83. The Balaban J connectivity index is 2.09. The van der Waals surface area contributed by atoms with Crippen molar-refractivity contribution in [2.45, 2.75) is 58.4 Å². The first-order valence-corrected chi connectivity index (χ1v) is 8.77. The van der Waals surface area contributed by atoms with Crippen molar-refractivity contribution >= 4 is 28.8 Å². The van der Waals surface area contributed by atoms with Crippen LogP contribution >= 0.6 is 22.9 Å². The molecule has 0 aliphatic heterocycles. The molecule has 1 aromatic rings. The Labute approximate surface area is 130 Å². The molecule has 2 rings (SSSR count). The van der Waals surface area contributed by atoms with Crippen LogP contribution in [0.2, 0.25) is 0 Å². The molecule has 1 amide bonds. The summed E-state index contributed by atoms with van der Waals surface area (Å²) in [7, 11) is 0. The molecule has 0 fully saturated rings. The Morgan fingerprint density at radius 1 is 1.55 bits per heavy atom. The number of halogens is 1. The third-order valence-electron chi connectivity index (χ3n) is 4.13. The number of carbonyl (C=O) groups excluding carboxylic acids is 1. The highest BCUT2D eigenvalue weighted by Gasteiger charge is 2.31. The number of amides is 1. The molecule has 2 atom stereocenters. The Morgan fingerprint density at radius 3 is 2.95 bits per heavy atom. The fourth-order valence-corrected chi connectivity index (χ4v) is 4.07. The average Bonchev–Trinajstić information content (AvgIpc) is 2.84. The van der Waals surface area contributed by atoms with Gasteiger partial charge < -0.3 is 5.32 Å². The van der Waals surface area contributed by atoms with Crippen LogP contribution in [-0.4, -0.2) is 17.8 Å². The van der Waals surface area contributed by atoms with Crippen molar-refractivity contribution in [3.8, 4) is 0 Å². The number of hydrogen-bond acceptors (Lipinski definition) is 2. The van der Waals surface area contributed by atoms with Crippen LogP contribution in [0, 0.1) is 5.41 Å². The maximum absolute atomic E-state index is 12.6. The largest absolute Gasteiger partial charge is 0.352 e. The number of nitrogens with one attached hydrogen (secondary N) is 1. The van der Waals surface area contributed by atoms with Crippen molar-refractivity contribution in [3.05, 3.63) is 21.9 Å². The summed E-state index contributed by atoms with van der Waals surface area (Å²) in [5.74, 6) is 0.788. The minimum atomic E-state index is 0.0326. The molecule has 1 aliphatic rings. The Bertz CT molecular complexity index is 463. The van der Waals surface area contributed by atoms with Crippen LogP contribution in [0.3, 0.4) is 0 Å². The first kappa shape index (κ1) is 15.8. The predicted octanol–water partition coefficient (Wildman–Crippen LogP) is 4.33. The highest BCUT2D eigenvalue weighted by molar-refractivity contribution is 7.10. The molecule has 1 heterocycles. The van der Waals surface area contributed by atoms with Gasteiger partial charge in [0.25, 0.3) is 0 Å². The van der Waals surface area contributed by atoms with Crippen LogP contribution in [0.25, 0.3) is 0 Å². The predicted molar refractivity (Wildman–Crippen MR) is 86.7 cm³/mol. The maximum Gasteiger partial charge on any atom is 0.227 e. The van der Waals surface area contributed by atoms with Crippen molar-refractivity contribution in [2.75, 3.05) is 5.88 Å². The Hall–Kier alpha value is -0.540. The molecule has 112 valence electrons. The van der Waals surface area contributed by atoms with E-state index in [4.69, 9.17) is 11.6 Å². The van der Waals surface area contributed by atoms with Crippen LogP contribution < -0.4 is 5.32 Å². The SMILES string of the molecule is CC(C)(C)C(CCCl)NC(=O)C1CCCc2sccc21. The minimum Gasteiger partial charge on any atom is -0.352 e. The van der Waals surface area contributed by atoms with Crippen molar-refractivity contribution < 1.29 is 4.79 Å². The fraction of sp³-hybridized carbons (Fsp3) is 0.688. The van der Waals surface area contributed by atoms with Gasteiger partial charge in [-0.3, -0.25) is 4.79 Å². The lowest BCUT2D eigenvalue weighted by molar-refractivity contribution is -0.124. The first-order chi connectivity index (χ1) is 9.43. The average molecular weight is 314 g/mol. The van der Waals surface area contributed by atoms with Crippen LogP contribution in [0.4, 0.5) is 0 Å². The number of thiophene rings is 1. The van der Waals surface area contributed by atoms with Crippen molar-refractivity contribution in [3.63, 3.8) is 0 Å². The van der Waals surface area contributed by atoms with E-state index in [1.165, 1.54) is 10.4 Å². The van der Waals surface area contributed by atoms with Gasteiger partial charge in [-0.25, -0.2) is 0 Å². The number of alkyl halides is 1. The third kappa shape index (κ3) is 3.56. The van der Waals surface area contributed by atoms with Gasteiger partial charge in [0.15, 0.2) is 0 Å². The van der Waals surface area contributed by atoms with Crippen molar-refractivity contribution in [1.29, 1.82) is 0 Å². The van der Waals surface area contributed by atoms with E-state index in [9.17, 15) is 4.79 Å². The third-order valence-corrected chi connectivity index (χ3v) is 5.34. The zero-order valence-electron chi connectivity index (χ0n) is 12.5. The summed E-state index contributed by atoms with van der Waals surface area (Å²) in [5, 5.41) is 5.35. The number of aryl methyl sites for hydroxylation is 1. The van der Waals surface area contributed by atoms with E-state index in [0.29, 0.717) is 5.88 Å². The molecule has 1 aromatic heterocycles. The van der Waals surface area contributed by atoms with Crippen molar-refractivity contribution in [1.82, 2.24) is 5.32 Å². The molecule has 0 aromatic carbocycles. The molecule has 0 radical (unpaired) electrons. The number of fused-ring (bicyclic) bond motifs is 1. The van der Waals surface area contributed by atoms with Gasteiger partial charge in [-0.1, -0.05) is 20.8 Å².